The number of hydrogen-bond acceptors (Lipinski definition) is 2. The minimum absolute atomic E-state index is 0.207. The van der Waals surface area contributed by atoms with Gasteiger partial charge in [-0.05, 0) is 31.2 Å². The van der Waals surface area contributed by atoms with Crippen molar-refractivity contribution in [1.29, 1.82) is 0 Å². The third kappa shape index (κ3) is 2.51. The summed E-state index contributed by atoms with van der Waals surface area (Å²) in [5.74, 6) is -1.30. The number of nitrogens with zero attached hydrogens (tertiary/aromatic N) is 1. The number of carboxylic acid groups (broad SMARTS) is 1. The highest BCUT2D eigenvalue weighted by Crippen LogP contribution is 2.17. The van der Waals surface area contributed by atoms with Gasteiger partial charge in [-0.3, -0.25) is 0 Å². The molecule has 0 radical (unpaired) electrons. The molecule has 0 saturated heterocycles. The van der Waals surface area contributed by atoms with E-state index in [2.05, 4.69) is 0 Å². The first-order valence-corrected chi connectivity index (χ1v) is 5.70. The smallest absolute Gasteiger partial charge is 0.334 e. The maximum absolute atomic E-state index is 13.0. The Morgan fingerprint density at radius 1 is 1.50 bits per heavy atom. The first kappa shape index (κ1) is 12.6. The molecule has 0 spiro atoms. The number of aliphatic carboxylic acids is 1. The van der Waals surface area contributed by atoms with Crippen LogP contribution < -0.4 is 0 Å². The van der Waals surface area contributed by atoms with E-state index in [1.54, 1.807) is 29.8 Å². The van der Waals surface area contributed by atoms with Crippen LogP contribution in [0.3, 0.4) is 0 Å². The summed E-state index contributed by atoms with van der Waals surface area (Å²) in [6.45, 7) is 2.29. The summed E-state index contributed by atoms with van der Waals surface area (Å²) in [6.07, 6.45) is 0.842. The molecular formula is C13H14FNO3. The van der Waals surface area contributed by atoms with Crippen LogP contribution in [0.15, 0.2) is 30.5 Å². The summed E-state index contributed by atoms with van der Waals surface area (Å²) in [5.41, 5.74) is 0.794. The zero-order valence-corrected chi connectivity index (χ0v) is 9.97. The Kier molecular flexibility index (Phi) is 3.62. The van der Waals surface area contributed by atoms with Gasteiger partial charge < -0.3 is 14.4 Å². The standard InChI is InChI=1S/C13H14FNO3/c1-2-18-12(13(16)17)8-15-6-5-9-7-10(14)3-4-11(9)15/h3-7,12H,2,8H2,1H3,(H,16,17). The summed E-state index contributed by atoms with van der Waals surface area (Å²) in [4.78, 5) is 11.0. The van der Waals surface area contributed by atoms with Crippen LogP contribution in [0.4, 0.5) is 4.39 Å². The molecule has 2 rings (SSSR count). The second kappa shape index (κ2) is 5.18. The van der Waals surface area contributed by atoms with Gasteiger partial charge in [0.15, 0.2) is 6.10 Å². The molecule has 4 nitrogen and oxygen atoms in total. The summed E-state index contributed by atoms with van der Waals surface area (Å²) in [7, 11) is 0. The highest BCUT2D eigenvalue weighted by Gasteiger charge is 2.18. The fourth-order valence-corrected chi connectivity index (χ4v) is 1.91. The second-order valence-corrected chi connectivity index (χ2v) is 3.95. The van der Waals surface area contributed by atoms with Gasteiger partial charge in [0.1, 0.15) is 5.82 Å². The molecule has 0 fully saturated rings. The molecule has 5 heteroatoms. The van der Waals surface area contributed by atoms with Crippen molar-refractivity contribution in [1.82, 2.24) is 4.57 Å². The van der Waals surface area contributed by atoms with Crippen molar-refractivity contribution in [3.05, 3.63) is 36.3 Å². The van der Waals surface area contributed by atoms with Crippen LogP contribution in [-0.4, -0.2) is 28.4 Å². The lowest BCUT2D eigenvalue weighted by Crippen LogP contribution is -2.28. The lowest BCUT2D eigenvalue weighted by Gasteiger charge is -2.14. The van der Waals surface area contributed by atoms with E-state index in [0.29, 0.717) is 6.61 Å². The van der Waals surface area contributed by atoms with E-state index in [1.165, 1.54) is 12.1 Å². The Morgan fingerprint density at radius 3 is 2.94 bits per heavy atom. The summed E-state index contributed by atoms with van der Waals surface area (Å²) >= 11 is 0. The lowest BCUT2D eigenvalue weighted by molar-refractivity contribution is -0.150. The predicted octanol–water partition coefficient (Wildman–Crippen LogP) is 2.27. The zero-order chi connectivity index (χ0) is 13.1. The van der Waals surface area contributed by atoms with Crippen LogP contribution in [0.25, 0.3) is 10.9 Å². The molecule has 1 unspecified atom stereocenters. The van der Waals surface area contributed by atoms with E-state index in [0.717, 1.165) is 10.9 Å². The summed E-state index contributed by atoms with van der Waals surface area (Å²) < 4.78 is 19.9. The molecule has 1 aromatic heterocycles. The number of aromatic nitrogens is 1. The molecule has 18 heavy (non-hydrogen) atoms. The van der Waals surface area contributed by atoms with Crippen LogP contribution >= 0.6 is 0 Å². The first-order chi connectivity index (χ1) is 8.61. The predicted molar refractivity (Wildman–Crippen MR) is 64.9 cm³/mol. The molecule has 0 aliphatic heterocycles. The number of benzene rings is 1. The van der Waals surface area contributed by atoms with E-state index in [4.69, 9.17) is 9.84 Å². The van der Waals surface area contributed by atoms with Gasteiger partial charge in [-0.25, -0.2) is 9.18 Å². The third-order valence-corrected chi connectivity index (χ3v) is 2.74. The van der Waals surface area contributed by atoms with Gasteiger partial charge in [-0.2, -0.15) is 0 Å². The number of fused-ring (bicyclic) bond motifs is 1. The van der Waals surface area contributed by atoms with Crippen LogP contribution in [0.1, 0.15) is 6.92 Å². The monoisotopic (exact) mass is 251 g/mol. The van der Waals surface area contributed by atoms with Gasteiger partial charge >= 0.3 is 5.97 Å². The minimum atomic E-state index is -0.999. The van der Waals surface area contributed by atoms with Crippen molar-refractivity contribution in [2.45, 2.75) is 19.6 Å². The Balaban J connectivity index is 2.28. The van der Waals surface area contributed by atoms with Gasteiger partial charge in [-0.1, -0.05) is 0 Å². The van der Waals surface area contributed by atoms with Crippen LogP contribution in [0, 0.1) is 5.82 Å². The van der Waals surface area contributed by atoms with Crippen molar-refractivity contribution in [3.63, 3.8) is 0 Å². The van der Waals surface area contributed by atoms with Crippen molar-refractivity contribution in [2.75, 3.05) is 6.61 Å². The lowest BCUT2D eigenvalue weighted by atomic mass is 10.2. The average molecular weight is 251 g/mol. The van der Waals surface area contributed by atoms with Gasteiger partial charge in [0, 0.05) is 23.7 Å². The molecule has 0 aliphatic rings. The summed E-state index contributed by atoms with van der Waals surface area (Å²) in [5, 5.41) is 9.77. The number of halogens is 1. The first-order valence-electron chi connectivity index (χ1n) is 5.70. The van der Waals surface area contributed by atoms with E-state index >= 15 is 0 Å². The van der Waals surface area contributed by atoms with E-state index in [1.807, 2.05) is 0 Å². The SMILES string of the molecule is CCOC(Cn1ccc2cc(F)ccc21)C(=O)O. The van der Waals surface area contributed by atoms with Crippen LogP contribution in [0.5, 0.6) is 0 Å². The Morgan fingerprint density at radius 2 is 2.28 bits per heavy atom. The Labute approximate surface area is 104 Å². The fraction of sp³-hybridized carbons (Fsp3) is 0.308. The van der Waals surface area contributed by atoms with Crippen LogP contribution in [0.2, 0.25) is 0 Å². The maximum atomic E-state index is 13.0. The van der Waals surface area contributed by atoms with Crippen molar-refractivity contribution < 1.29 is 19.0 Å². The fourth-order valence-electron chi connectivity index (χ4n) is 1.91. The van der Waals surface area contributed by atoms with E-state index < -0.39 is 12.1 Å². The second-order valence-electron chi connectivity index (χ2n) is 3.95. The zero-order valence-electron chi connectivity index (χ0n) is 9.97. The Bertz CT molecular complexity index is 564. The number of hydrogen-bond donors (Lipinski definition) is 1. The third-order valence-electron chi connectivity index (χ3n) is 2.74. The highest BCUT2D eigenvalue weighted by atomic mass is 19.1. The Hall–Kier alpha value is -1.88. The topological polar surface area (TPSA) is 51.5 Å². The molecule has 1 N–H and O–H groups in total. The number of carbonyl (C=O) groups is 1. The van der Waals surface area contributed by atoms with Crippen molar-refractivity contribution >= 4 is 16.9 Å². The van der Waals surface area contributed by atoms with Gasteiger partial charge in [-0.15, -0.1) is 0 Å². The van der Waals surface area contributed by atoms with E-state index in [-0.39, 0.29) is 12.4 Å². The normalized spacial score (nSPS) is 12.8. The number of rotatable bonds is 5. The van der Waals surface area contributed by atoms with Gasteiger partial charge in [0.05, 0.1) is 6.54 Å². The number of ether oxygens (including phenoxy) is 1. The minimum Gasteiger partial charge on any atom is -0.479 e. The quantitative estimate of drug-likeness (QED) is 0.886. The van der Waals surface area contributed by atoms with Gasteiger partial charge in [0.25, 0.3) is 0 Å². The molecular weight excluding hydrogens is 237 g/mol. The molecule has 1 heterocycles. The summed E-state index contributed by atoms with van der Waals surface area (Å²) in [6, 6.07) is 6.16. The largest absolute Gasteiger partial charge is 0.479 e. The molecule has 0 amide bonds. The molecule has 1 aromatic carbocycles. The van der Waals surface area contributed by atoms with Crippen LogP contribution in [-0.2, 0) is 16.1 Å². The molecule has 0 saturated carbocycles. The number of carboxylic acids is 1. The molecule has 0 aliphatic carbocycles. The molecule has 96 valence electrons. The molecule has 2 aromatic rings. The van der Waals surface area contributed by atoms with Crippen molar-refractivity contribution in [2.24, 2.45) is 0 Å². The average Bonchev–Trinajstić information content (AvgIpc) is 2.71. The maximum Gasteiger partial charge on any atom is 0.334 e. The highest BCUT2D eigenvalue weighted by molar-refractivity contribution is 5.80. The van der Waals surface area contributed by atoms with Gasteiger partial charge in [0.2, 0.25) is 0 Å². The molecule has 0 bridgehead atoms. The molecule has 1 atom stereocenters. The van der Waals surface area contributed by atoms with Crippen molar-refractivity contribution in [3.8, 4) is 0 Å². The van der Waals surface area contributed by atoms with E-state index in [9.17, 15) is 9.18 Å².